The summed E-state index contributed by atoms with van der Waals surface area (Å²) in [6.07, 6.45) is 2.99. The fourth-order valence-electron chi connectivity index (χ4n) is 1.51. The first-order valence-corrected chi connectivity index (χ1v) is 5.08. The molecule has 0 bridgehead atoms. The van der Waals surface area contributed by atoms with Gasteiger partial charge in [-0.1, -0.05) is 19.1 Å². The van der Waals surface area contributed by atoms with Crippen LogP contribution < -0.4 is 108 Å². The molecule has 1 N–H and O–H groups in total. The Kier molecular flexibility index (Phi) is 10.2. The SMILES string of the molecule is CCCC(=O)Oc1c[nH]c2ccccc12.[H-].[H-].[K+].[K+]. The van der Waals surface area contributed by atoms with Crippen LogP contribution in [0, 0.1) is 0 Å². The molecule has 2 rings (SSSR count). The van der Waals surface area contributed by atoms with Crippen LogP contribution in [0.4, 0.5) is 0 Å². The van der Waals surface area contributed by atoms with Gasteiger partial charge in [0.05, 0.1) is 0 Å². The molecule has 0 aliphatic carbocycles. The first-order valence-electron chi connectivity index (χ1n) is 5.08. The molecule has 2 aromatic rings. The minimum Gasteiger partial charge on any atom is -1.00 e. The molecule has 0 saturated carbocycles. The Bertz CT molecular complexity index is 491. The van der Waals surface area contributed by atoms with Crippen LogP contribution in [-0.2, 0) is 4.79 Å². The van der Waals surface area contributed by atoms with E-state index in [-0.39, 0.29) is 112 Å². The van der Waals surface area contributed by atoms with Crippen LogP contribution in [0.3, 0.4) is 0 Å². The summed E-state index contributed by atoms with van der Waals surface area (Å²) in [6.45, 7) is 1.95. The van der Waals surface area contributed by atoms with E-state index in [4.69, 9.17) is 4.74 Å². The van der Waals surface area contributed by atoms with Crippen molar-refractivity contribution in [2.24, 2.45) is 0 Å². The largest absolute Gasteiger partial charge is 1.00 e. The third kappa shape index (κ3) is 5.18. The van der Waals surface area contributed by atoms with Gasteiger partial charge in [-0.3, -0.25) is 4.79 Å². The molecule has 0 unspecified atom stereocenters. The van der Waals surface area contributed by atoms with Gasteiger partial charge >= 0.3 is 109 Å². The van der Waals surface area contributed by atoms with Crippen LogP contribution >= 0.6 is 0 Å². The second-order valence-corrected chi connectivity index (χ2v) is 3.42. The molecule has 0 radical (unpaired) electrons. The number of ether oxygens (including phenoxy) is 1. The molecule has 0 aliphatic heterocycles. The van der Waals surface area contributed by atoms with Gasteiger partial charge in [0.2, 0.25) is 0 Å². The van der Waals surface area contributed by atoms with Crippen molar-refractivity contribution in [2.45, 2.75) is 19.8 Å². The summed E-state index contributed by atoms with van der Waals surface area (Å²) in [5.41, 5.74) is 0.983. The van der Waals surface area contributed by atoms with E-state index < -0.39 is 0 Å². The molecule has 82 valence electrons. The normalized spacial score (nSPS) is 9.24. The molecular weight excluding hydrogens is 268 g/mol. The summed E-state index contributed by atoms with van der Waals surface area (Å²) < 4.78 is 5.24. The van der Waals surface area contributed by atoms with Crippen LogP contribution in [0.5, 0.6) is 5.75 Å². The Morgan fingerprint density at radius 1 is 1.35 bits per heavy atom. The van der Waals surface area contributed by atoms with Crippen molar-refractivity contribution in [3.63, 3.8) is 0 Å². The van der Waals surface area contributed by atoms with Crippen LogP contribution in [0.15, 0.2) is 30.5 Å². The molecule has 0 aliphatic rings. The number of carbonyl (C=O) groups excluding carboxylic acids is 1. The van der Waals surface area contributed by atoms with Gasteiger partial charge in [0, 0.05) is 23.5 Å². The summed E-state index contributed by atoms with van der Waals surface area (Å²) in [4.78, 5) is 14.4. The van der Waals surface area contributed by atoms with Gasteiger partial charge in [-0.05, 0) is 18.6 Å². The van der Waals surface area contributed by atoms with E-state index >= 15 is 0 Å². The number of nitrogens with one attached hydrogen (secondary N) is 1. The van der Waals surface area contributed by atoms with E-state index in [0.717, 1.165) is 17.3 Å². The van der Waals surface area contributed by atoms with Crippen LogP contribution in [-0.4, -0.2) is 11.0 Å². The number of para-hydroxylation sites is 1. The fourth-order valence-corrected chi connectivity index (χ4v) is 1.51. The number of fused-ring (bicyclic) bond motifs is 1. The zero-order valence-corrected chi connectivity index (χ0v) is 16.9. The van der Waals surface area contributed by atoms with Crippen molar-refractivity contribution in [2.75, 3.05) is 0 Å². The molecule has 0 atom stereocenters. The van der Waals surface area contributed by atoms with Crippen molar-refractivity contribution in [1.29, 1.82) is 0 Å². The van der Waals surface area contributed by atoms with E-state index in [2.05, 4.69) is 4.98 Å². The first kappa shape index (κ1) is 18.5. The predicted molar refractivity (Wildman–Crippen MR) is 61.1 cm³/mol. The smallest absolute Gasteiger partial charge is 1.00 e. The molecule has 1 aromatic carbocycles. The van der Waals surface area contributed by atoms with E-state index in [1.807, 2.05) is 31.2 Å². The zero-order chi connectivity index (χ0) is 10.7. The number of aromatic amines is 1. The summed E-state index contributed by atoms with van der Waals surface area (Å²) >= 11 is 0. The molecule has 1 heterocycles. The molecule has 0 amide bonds. The van der Waals surface area contributed by atoms with E-state index in [0.29, 0.717) is 12.2 Å². The van der Waals surface area contributed by atoms with Crippen LogP contribution in [0.2, 0.25) is 0 Å². The molecule has 0 fully saturated rings. The van der Waals surface area contributed by atoms with Gasteiger partial charge in [-0.15, -0.1) is 0 Å². The van der Waals surface area contributed by atoms with Crippen molar-refractivity contribution in [1.82, 2.24) is 4.98 Å². The third-order valence-electron chi connectivity index (χ3n) is 2.23. The average Bonchev–Trinajstić information content (AvgIpc) is 2.62. The summed E-state index contributed by atoms with van der Waals surface area (Å²) in [5, 5.41) is 0.946. The number of hydrogen-bond donors (Lipinski definition) is 1. The van der Waals surface area contributed by atoms with Crippen molar-refractivity contribution in [3.05, 3.63) is 30.5 Å². The number of carbonyl (C=O) groups is 1. The second kappa shape index (κ2) is 9.41. The zero-order valence-electron chi connectivity index (χ0n) is 12.6. The maximum absolute atomic E-state index is 11.3. The van der Waals surface area contributed by atoms with Gasteiger partial charge in [-0.25, -0.2) is 0 Å². The van der Waals surface area contributed by atoms with Gasteiger partial charge in [-0.2, -0.15) is 0 Å². The summed E-state index contributed by atoms with van der Waals surface area (Å²) in [7, 11) is 0. The number of hydrogen-bond acceptors (Lipinski definition) is 2. The molecule has 3 nitrogen and oxygen atoms in total. The van der Waals surface area contributed by atoms with Crippen molar-refractivity contribution in [3.8, 4) is 5.75 Å². The van der Waals surface area contributed by atoms with E-state index in [9.17, 15) is 4.79 Å². The fraction of sp³-hybridized carbons (Fsp3) is 0.250. The number of H-pyrrole nitrogens is 1. The van der Waals surface area contributed by atoms with Gasteiger partial charge in [0.1, 0.15) is 0 Å². The number of aromatic nitrogens is 1. The quantitative estimate of drug-likeness (QED) is 0.485. The number of benzene rings is 1. The Balaban J connectivity index is -0.000000640. The standard InChI is InChI=1S/C12H13NO2.2K.2H/c1-2-5-12(14)15-11-8-13-10-7-4-3-6-9(10)11;;;;/h3-4,6-8,13H,2,5H2,1H3;;;;/q;2*+1;2*-1. The maximum atomic E-state index is 11.3. The molecule has 0 saturated heterocycles. The van der Waals surface area contributed by atoms with Crippen molar-refractivity contribution >= 4 is 16.9 Å². The van der Waals surface area contributed by atoms with E-state index in [1.165, 1.54) is 0 Å². The minimum absolute atomic E-state index is 0. The molecule has 1 aromatic heterocycles. The second-order valence-electron chi connectivity index (χ2n) is 3.42. The Labute approximate surface area is 189 Å². The summed E-state index contributed by atoms with van der Waals surface area (Å²) in [6, 6.07) is 7.75. The topological polar surface area (TPSA) is 42.1 Å². The van der Waals surface area contributed by atoms with Crippen LogP contribution in [0.25, 0.3) is 10.9 Å². The maximum Gasteiger partial charge on any atom is 1.00 e. The third-order valence-corrected chi connectivity index (χ3v) is 2.23. The Morgan fingerprint density at radius 2 is 2.06 bits per heavy atom. The van der Waals surface area contributed by atoms with Crippen molar-refractivity contribution < 1.29 is 115 Å². The van der Waals surface area contributed by atoms with Crippen LogP contribution in [0.1, 0.15) is 22.6 Å². The Morgan fingerprint density at radius 3 is 2.76 bits per heavy atom. The van der Waals surface area contributed by atoms with Gasteiger partial charge in [0.15, 0.2) is 5.75 Å². The van der Waals surface area contributed by atoms with Gasteiger partial charge in [0.25, 0.3) is 0 Å². The predicted octanol–water partition coefficient (Wildman–Crippen LogP) is -2.89. The number of rotatable bonds is 3. The van der Waals surface area contributed by atoms with E-state index in [1.54, 1.807) is 6.20 Å². The molecule has 0 spiro atoms. The monoisotopic (exact) mass is 283 g/mol. The minimum atomic E-state index is -0.178. The summed E-state index contributed by atoms with van der Waals surface area (Å²) in [5.74, 6) is 0.436. The average molecular weight is 283 g/mol. The molecule has 17 heavy (non-hydrogen) atoms. The first-order chi connectivity index (χ1) is 7.31. The molecule has 5 heteroatoms. The molecular formula is C12H15K2NO2. The number of esters is 1. The Hall–Kier alpha value is 1.50. The van der Waals surface area contributed by atoms with Gasteiger partial charge < -0.3 is 12.6 Å².